The number of nitrogens with zero attached hydrogens (tertiary/aromatic N) is 6. The Morgan fingerprint density at radius 2 is 1.68 bits per heavy atom. The maximum absolute atomic E-state index is 12.9. The predicted octanol–water partition coefficient (Wildman–Crippen LogP) is 2.05. The minimum Gasteiger partial charge on any atom is -0.446 e. The molecule has 1 aromatic carbocycles. The van der Waals surface area contributed by atoms with Gasteiger partial charge in [-0.05, 0) is 64.8 Å². The molecule has 0 saturated carbocycles. The molecule has 238 valence electrons. The van der Waals surface area contributed by atoms with Crippen LogP contribution in [0.2, 0.25) is 0 Å². The molecule has 2 aliphatic rings. The average Bonchev–Trinajstić information content (AvgIpc) is 2.99. The zero-order chi connectivity index (χ0) is 31.8. The maximum atomic E-state index is 12.9. The van der Waals surface area contributed by atoms with Crippen LogP contribution >= 0.6 is 0 Å². The van der Waals surface area contributed by atoms with Crippen LogP contribution in [0, 0.1) is 0 Å². The number of hydrazine groups is 1. The van der Waals surface area contributed by atoms with E-state index >= 15 is 0 Å². The van der Waals surface area contributed by atoms with Crippen LogP contribution in [0.4, 0.5) is 27.0 Å². The van der Waals surface area contributed by atoms with Gasteiger partial charge in [-0.3, -0.25) is 9.59 Å². The molecule has 2 aliphatic heterocycles. The van der Waals surface area contributed by atoms with Crippen LogP contribution in [0.15, 0.2) is 24.3 Å². The lowest BCUT2D eigenvalue weighted by Crippen LogP contribution is -2.58. The number of piperidine rings is 1. The van der Waals surface area contributed by atoms with Gasteiger partial charge in [-0.1, -0.05) is 0 Å². The summed E-state index contributed by atoms with van der Waals surface area (Å²) < 4.78 is 15.8. The molecular formula is C28H39N9O7. The molecule has 1 unspecified atom stereocenters. The average molecular weight is 614 g/mol. The quantitative estimate of drug-likeness (QED) is 0.367. The third-order valence-electron chi connectivity index (χ3n) is 6.73. The highest BCUT2D eigenvalue weighted by atomic mass is 16.6. The van der Waals surface area contributed by atoms with E-state index in [0.717, 1.165) is 5.01 Å². The molecule has 2 fully saturated rings. The molecule has 16 heteroatoms. The van der Waals surface area contributed by atoms with Gasteiger partial charge in [-0.2, -0.15) is 4.98 Å². The number of primary amides is 1. The first-order valence-electron chi connectivity index (χ1n) is 14.5. The number of amides is 4. The van der Waals surface area contributed by atoms with E-state index in [9.17, 15) is 19.2 Å². The summed E-state index contributed by atoms with van der Waals surface area (Å²) in [5, 5.41) is 12.3. The minimum absolute atomic E-state index is 0.0755. The Morgan fingerprint density at radius 3 is 2.32 bits per heavy atom. The van der Waals surface area contributed by atoms with Crippen molar-refractivity contribution in [2.75, 3.05) is 49.6 Å². The second-order valence-corrected chi connectivity index (χ2v) is 10.9. The number of anilines is 3. The van der Waals surface area contributed by atoms with Gasteiger partial charge >= 0.3 is 12.2 Å². The van der Waals surface area contributed by atoms with Gasteiger partial charge in [0.15, 0.2) is 11.5 Å². The van der Waals surface area contributed by atoms with Crippen LogP contribution in [0.5, 0.6) is 0 Å². The molecule has 4 amide bonds. The van der Waals surface area contributed by atoms with Gasteiger partial charge in [0.05, 0.1) is 31.5 Å². The first-order valence-corrected chi connectivity index (χ1v) is 14.5. The lowest BCUT2D eigenvalue weighted by atomic mass is 10.1. The first kappa shape index (κ1) is 32.2. The number of carbonyl (C=O) groups excluding carboxylic acids is 4. The van der Waals surface area contributed by atoms with Gasteiger partial charge < -0.3 is 35.1 Å². The van der Waals surface area contributed by atoms with E-state index in [2.05, 4.69) is 25.9 Å². The second-order valence-electron chi connectivity index (χ2n) is 10.9. The molecule has 2 saturated heterocycles. The molecule has 0 aliphatic carbocycles. The van der Waals surface area contributed by atoms with Crippen molar-refractivity contribution >= 4 is 41.5 Å². The normalized spacial score (nSPS) is 16.8. The fourth-order valence-corrected chi connectivity index (χ4v) is 4.72. The number of rotatable bonds is 8. The van der Waals surface area contributed by atoms with Gasteiger partial charge in [0, 0.05) is 37.4 Å². The topological polar surface area (TPSA) is 194 Å². The van der Waals surface area contributed by atoms with Crippen LogP contribution in [0.25, 0.3) is 0 Å². The fraction of sp³-hybridized carbons (Fsp3) is 0.536. The summed E-state index contributed by atoms with van der Waals surface area (Å²) in [7, 11) is 0. The van der Waals surface area contributed by atoms with E-state index in [4.69, 9.17) is 19.9 Å². The van der Waals surface area contributed by atoms with Crippen LogP contribution < -0.4 is 21.4 Å². The summed E-state index contributed by atoms with van der Waals surface area (Å²) in [6, 6.07) is 6.23. The van der Waals surface area contributed by atoms with Crippen molar-refractivity contribution < 1.29 is 33.4 Å². The Bertz CT molecular complexity index is 1330. The summed E-state index contributed by atoms with van der Waals surface area (Å²) in [5.41, 5.74) is 8.95. The van der Waals surface area contributed by atoms with Crippen molar-refractivity contribution in [2.24, 2.45) is 5.73 Å². The van der Waals surface area contributed by atoms with Gasteiger partial charge in [0.1, 0.15) is 0 Å². The Kier molecular flexibility index (Phi) is 10.7. The van der Waals surface area contributed by atoms with E-state index in [1.165, 1.54) is 0 Å². The number of ether oxygens (including phenoxy) is 3. The molecule has 44 heavy (non-hydrogen) atoms. The number of nitrogens with one attached hydrogen (secondary N) is 2. The van der Waals surface area contributed by atoms with E-state index in [-0.39, 0.29) is 29.9 Å². The van der Waals surface area contributed by atoms with E-state index in [0.29, 0.717) is 56.9 Å². The molecule has 0 spiro atoms. The molecule has 0 bridgehead atoms. The molecule has 0 radical (unpaired) electrons. The molecule has 1 atom stereocenters. The lowest BCUT2D eigenvalue weighted by Gasteiger charge is -2.38. The highest BCUT2D eigenvalue weighted by Crippen LogP contribution is 2.24. The van der Waals surface area contributed by atoms with E-state index in [1.54, 1.807) is 61.8 Å². The minimum atomic E-state index is -0.829. The molecule has 2 aromatic rings. The Hall–Kier alpha value is -4.73. The summed E-state index contributed by atoms with van der Waals surface area (Å²) in [6.07, 6.45) is -1.14. The van der Waals surface area contributed by atoms with Crippen LogP contribution in [-0.2, 0) is 14.2 Å². The Labute approximate surface area is 255 Å². The summed E-state index contributed by atoms with van der Waals surface area (Å²) >= 11 is 0. The smallest absolute Gasteiger partial charge is 0.429 e. The monoisotopic (exact) mass is 613 g/mol. The van der Waals surface area contributed by atoms with Gasteiger partial charge in [-0.25, -0.2) is 20.0 Å². The number of benzene rings is 1. The highest BCUT2D eigenvalue weighted by Gasteiger charge is 2.33. The number of aromatic nitrogens is 3. The Balaban J connectivity index is 1.52. The third kappa shape index (κ3) is 8.43. The van der Waals surface area contributed by atoms with Gasteiger partial charge in [0.25, 0.3) is 11.8 Å². The fourth-order valence-electron chi connectivity index (χ4n) is 4.72. The molecule has 4 N–H and O–H groups in total. The number of nitrogens with two attached hydrogens (primary N) is 1. The number of carbonyl (C=O) groups is 4. The standard InChI is InChI=1S/C28H39N9O7/c1-17(2)43-27(40)34-37(28(41)44-18(3)4)21-6-5-11-36(16-21)26-31-24(22(23(29)38)32-33-26)30-20-9-7-19(8-10-20)25(39)35-12-14-42-15-13-35/h7-10,17-18,21H,5-6,11-16H2,1-4H3,(H2,29,38)(H,34,40)(H,30,31,33). The summed E-state index contributed by atoms with van der Waals surface area (Å²) in [4.78, 5) is 58.3. The van der Waals surface area contributed by atoms with Crippen LogP contribution in [0.3, 0.4) is 0 Å². The van der Waals surface area contributed by atoms with Crippen molar-refractivity contribution in [3.63, 3.8) is 0 Å². The van der Waals surface area contributed by atoms with Gasteiger partial charge in [0.2, 0.25) is 5.95 Å². The lowest BCUT2D eigenvalue weighted by molar-refractivity contribution is 0.0286. The van der Waals surface area contributed by atoms with Crippen molar-refractivity contribution in [1.29, 1.82) is 0 Å². The summed E-state index contributed by atoms with van der Waals surface area (Å²) in [5.74, 6) is -0.665. The number of hydrogen-bond acceptors (Lipinski definition) is 12. The van der Waals surface area contributed by atoms with Crippen LogP contribution in [0.1, 0.15) is 61.4 Å². The largest absolute Gasteiger partial charge is 0.446 e. The van der Waals surface area contributed by atoms with Crippen molar-refractivity contribution in [2.45, 2.75) is 58.8 Å². The SMILES string of the molecule is CC(C)OC(=O)NN(C(=O)OC(C)C)C1CCCN(c2nnc(C(N)=O)c(Nc3ccc(C(=O)N4CCOCC4)cc3)n2)C1. The van der Waals surface area contributed by atoms with E-state index in [1.807, 2.05) is 0 Å². The molecule has 16 nitrogen and oxygen atoms in total. The molecular weight excluding hydrogens is 574 g/mol. The summed E-state index contributed by atoms with van der Waals surface area (Å²) in [6.45, 7) is 9.63. The van der Waals surface area contributed by atoms with Crippen molar-refractivity contribution in [3.05, 3.63) is 35.5 Å². The van der Waals surface area contributed by atoms with E-state index < -0.39 is 36.3 Å². The van der Waals surface area contributed by atoms with Crippen LogP contribution in [-0.4, -0.2) is 107 Å². The number of hydrogen-bond donors (Lipinski definition) is 3. The molecule has 1 aromatic heterocycles. The zero-order valence-electron chi connectivity index (χ0n) is 25.3. The van der Waals surface area contributed by atoms with Crippen molar-refractivity contribution in [1.82, 2.24) is 30.5 Å². The number of morpholine rings is 1. The highest BCUT2D eigenvalue weighted by molar-refractivity contribution is 5.97. The van der Waals surface area contributed by atoms with Crippen molar-refractivity contribution in [3.8, 4) is 0 Å². The van der Waals surface area contributed by atoms with Gasteiger partial charge in [-0.15, -0.1) is 10.2 Å². The molecule has 3 heterocycles. The first-order chi connectivity index (χ1) is 21.0. The Morgan fingerprint density at radius 1 is 1.00 bits per heavy atom. The third-order valence-corrected chi connectivity index (χ3v) is 6.73. The maximum Gasteiger partial charge on any atom is 0.429 e. The molecule has 4 rings (SSSR count). The zero-order valence-corrected chi connectivity index (χ0v) is 25.3. The second kappa shape index (κ2) is 14.6. The predicted molar refractivity (Wildman–Crippen MR) is 158 cm³/mol.